The van der Waals surface area contributed by atoms with E-state index >= 15 is 0 Å². The zero-order valence-corrected chi connectivity index (χ0v) is 11.4. The zero-order chi connectivity index (χ0) is 13.8. The van der Waals surface area contributed by atoms with Crippen LogP contribution in [0.15, 0.2) is 18.2 Å². The number of primary amides is 1. The lowest BCUT2D eigenvalue weighted by atomic mass is 10.0. The Labute approximate surface area is 117 Å². The maximum absolute atomic E-state index is 11.8. The van der Waals surface area contributed by atoms with Crippen LogP contribution in [0.25, 0.3) is 0 Å². The number of nitrogens with one attached hydrogen (secondary N) is 1. The number of hydrogen-bond acceptors (Lipinski definition) is 4. The second kappa shape index (κ2) is 6.23. The smallest absolute Gasteiger partial charge is 0.239 e. The molecule has 4 N–H and O–H groups in total. The standard InChI is InChI=1S/C13H18ClN3O2/c14-10-8-9(2-3-11(10)18)12(13(15)19)17-6-1-4-16-5-7-17/h2-3,8,12,16,18H,1,4-7H2,(H2,15,19). The monoisotopic (exact) mass is 283 g/mol. The minimum atomic E-state index is -0.502. The highest BCUT2D eigenvalue weighted by Crippen LogP contribution is 2.29. The van der Waals surface area contributed by atoms with Gasteiger partial charge in [-0.2, -0.15) is 0 Å². The van der Waals surface area contributed by atoms with E-state index in [0.29, 0.717) is 0 Å². The number of phenols is 1. The predicted molar refractivity (Wildman–Crippen MR) is 74.1 cm³/mol. The molecule has 6 heteroatoms. The van der Waals surface area contributed by atoms with Crippen molar-refractivity contribution in [2.75, 3.05) is 26.2 Å². The fraction of sp³-hybridized carbons (Fsp3) is 0.462. The summed E-state index contributed by atoms with van der Waals surface area (Å²) in [6, 6.07) is 4.28. The van der Waals surface area contributed by atoms with Gasteiger partial charge in [-0.3, -0.25) is 9.69 Å². The lowest BCUT2D eigenvalue weighted by molar-refractivity contribution is -0.123. The SMILES string of the molecule is NC(=O)C(c1ccc(O)c(Cl)c1)N1CCCNCC1. The number of rotatable bonds is 3. The minimum absolute atomic E-state index is 0.00571. The third-order valence-corrected chi connectivity index (χ3v) is 3.60. The Morgan fingerprint density at radius 2 is 2.21 bits per heavy atom. The van der Waals surface area contributed by atoms with E-state index in [2.05, 4.69) is 5.32 Å². The van der Waals surface area contributed by atoms with Crippen LogP contribution in [-0.4, -0.2) is 42.1 Å². The van der Waals surface area contributed by atoms with E-state index in [1.54, 1.807) is 12.1 Å². The second-order valence-electron chi connectivity index (χ2n) is 4.66. The number of phenolic OH excluding ortho intramolecular Hbond substituents is 1. The van der Waals surface area contributed by atoms with Gasteiger partial charge in [-0.15, -0.1) is 0 Å². The molecular weight excluding hydrogens is 266 g/mol. The molecule has 1 unspecified atom stereocenters. The lowest BCUT2D eigenvalue weighted by Crippen LogP contribution is -2.39. The number of nitrogens with zero attached hydrogens (tertiary/aromatic N) is 1. The number of halogens is 1. The first-order chi connectivity index (χ1) is 9.09. The van der Waals surface area contributed by atoms with Crippen molar-refractivity contribution >= 4 is 17.5 Å². The maximum atomic E-state index is 11.8. The van der Waals surface area contributed by atoms with Crippen LogP contribution in [0.2, 0.25) is 5.02 Å². The molecule has 1 amide bonds. The molecule has 19 heavy (non-hydrogen) atoms. The highest BCUT2D eigenvalue weighted by molar-refractivity contribution is 6.32. The lowest BCUT2D eigenvalue weighted by Gasteiger charge is -2.28. The number of carbonyl (C=O) groups is 1. The van der Waals surface area contributed by atoms with Gasteiger partial charge in [0.25, 0.3) is 0 Å². The molecule has 0 bridgehead atoms. The Morgan fingerprint density at radius 1 is 1.42 bits per heavy atom. The first-order valence-electron chi connectivity index (χ1n) is 6.32. The Kier molecular flexibility index (Phi) is 4.63. The predicted octanol–water partition coefficient (Wildman–Crippen LogP) is 0.867. The van der Waals surface area contributed by atoms with Gasteiger partial charge in [0.05, 0.1) is 5.02 Å². The van der Waals surface area contributed by atoms with Gasteiger partial charge in [0.1, 0.15) is 11.8 Å². The van der Waals surface area contributed by atoms with Crippen LogP contribution < -0.4 is 11.1 Å². The van der Waals surface area contributed by atoms with E-state index in [4.69, 9.17) is 17.3 Å². The fourth-order valence-corrected chi connectivity index (χ4v) is 2.56. The highest BCUT2D eigenvalue weighted by atomic mass is 35.5. The van der Waals surface area contributed by atoms with Crippen molar-refractivity contribution in [3.05, 3.63) is 28.8 Å². The van der Waals surface area contributed by atoms with E-state index < -0.39 is 11.9 Å². The molecule has 5 nitrogen and oxygen atoms in total. The number of carbonyl (C=O) groups excluding carboxylic acids is 1. The zero-order valence-electron chi connectivity index (χ0n) is 10.6. The summed E-state index contributed by atoms with van der Waals surface area (Å²) in [7, 11) is 0. The molecule has 0 aromatic heterocycles. The van der Waals surface area contributed by atoms with E-state index in [1.165, 1.54) is 6.07 Å². The quantitative estimate of drug-likeness (QED) is 0.769. The van der Waals surface area contributed by atoms with Crippen molar-refractivity contribution < 1.29 is 9.90 Å². The van der Waals surface area contributed by atoms with Gasteiger partial charge in [-0.05, 0) is 30.7 Å². The number of benzene rings is 1. The van der Waals surface area contributed by atoms with Gasteiger partial charge in [-0.25, -0.2) is 0 Å². The van der Waals surface area contributed by atoms with Crippen LogP contribution >= 0.6 is 11.6 Å². The molecule has 0 aliphatic carbocycles. The van der Waals surface area contributed by atoms with Crippen molar-refractivity contribution in [3.63, 3.8) is 0 Å². The molecule has 1 heterocycles. The van der Waals surface area contributed by atoms with E-state index in [9.17, 15) is 9.90 Å². The van der Waals surface area contributed by atoms with Crippen molar-refractivity contribution in [1.82, 2.24) is 10.2 Å². The molecular formula is C13H18ClN3O2. The normalized spacial score (nSPS) is 18.8. The molecule has 104 valence electrons. The Balaban J connectivity index is 2.27. The summed E-state index contributed by atoms with van der Waals surface area (Å²) in [5.41, 5.74) is 6.25. The van der Waals surface area contributed by atoms with Crippen LogP contribution in [0.1, 0.15) is 18.0 Å². The largest absolute Gasteiger partial charge is 0.506 e. The average molecular weight is 284 g/mol. The van der Waals surface area contributed by atoms with Crippen molar-refractivity contribution in [2.24, 2.45) is 5.73 Å². The molecule has 1 aromatic rings. The molecule has 2 rings (SSSR count). The summed E-state index contributed by atoms with van der Waals surface area (Å²) in [5.74, 6) is -0.394. The van der Waals surface area contributed by atoms with Gasteiger partial charge >= 0.3 is 0 Å². The number of amides is 1. The summed E-state index contributed by atoms with van der Waals surface area (Å²) in [6.45, 7) is 3.33. The van der Waals surface area contributed by atoms with Crippen LogP contribution in [0.4, 0.5) is 0 Å². The summed E-state index contributed by atoms with van der Waals surface area (Å²) in [4.78, 5) is 13.8. The van der Waals surface area contributed by atoms with Crippen LogP contribution in [0.5, 0.6) is 5.75 Å². The summed E-state index contributed by atoms with van der Waals surface area (Å²) < 4.78 is 0. The molecule has 1 fully saturated rings. The molecule has 1 aliphatic heterocycles. The van der Waals surface area contributed by atoms with E-state index in [-0.39, 0.29) is 10.8 Å². The molecule has 1 saturated heterocycles. The summed E-state index contributed by atoms with van der Waals surface area (Å²) in [5, 5.41) is 13.0. The van der Waals surface area contributed by atoms with Gasteiger partial charge in [0.2, 0.25) is 5.91 Å². The van der Waals surface area contributed by atoms with Crippen LogP contribution in [0.3, 0.4) is 0 Å². The van der Waals surface area contributed by atoms with Crippen LogP contribution in [0, 0.1) is 0 Å². The first kappa shape index (κ1) is 14.1. The van der Waals surface area contributed by atoms with E-state index in [1.807, 2.05) is 4.90 Å². The summed E-state index contributed by atoms with van der Waals surface area (Å²) >= 11 is 5.90. The van der Waals surface area contributed by atoms with E-state index in [0.717, 1.165) is 38.2 Å². The van der Waals surface area contributed by atoms with Crippen molar-refractivity contribution in [3.8, 4) is 5.75 Å². The summed E-state index contributed by atoms with van der Waals surface area (Å²) in [6.07, 6.45) is 0.968. The third-order valence-electron chi connectivity index (χ3n) is 3.30. The van der Waals surface area contributed by atoms with Crippen molar-refractivity contribution in [1.29, 1.82) is 0 Å². The molecule has 1 aromatic carbocycles. The highest BCUT2D eigenvalue weighted by Gasteiger charge is 2.26. The van der Waals surface area contributed by atoms with Gasteiger partial charge in [-0.1, -0.05) is 17.7 Å². The molecule has 1 atom stereocenters. The Bertz CT molecular complexity index is 459. The van der Waals surface area contributed by atoms with Gasteiger partial charge < -0.3 is 16.2 Å². The maximum Gasteiger partial charge on any atom is 0.239 e. The Hall–Kier alpha value is -1.30. The number of nitrogens with two attached hydrogens (primary N) is 1. The van der Waals surface area contributed by atoms with Crippen LogP contribution in [-0.2, 0) is 4.79 Å². The minimum Gasteiger partial charge on any atom is -0.506 e. The average Bonchev–Trinajstić information content (AvgIpc) is 2.62. The number of aromatic hydroxyl groups is 1. The molecule has 0 saturated carbocycles. The molecule has 0 radical (unpaired) electrons. The molecule has 0 spiro atoms. The van der Waals surface area contributed by atoms with Gasteiger partial charge in [0, 0.05) is 19.6 Å². The van der Waals surface area contributed by atoms with Crippen molar-refractivity contribution in [2.45, 2.75) is 12.5 Å². The topological polar surface area (TPSA) is 78.6 Å². The third kappa shape index (κ3) is 3.37. The van der Waals surface area contributed by atoms with Gasteiger partial charge in [0.15, 0.2) is 0 Å². The fourth-order valence-electron chi connectivity index (χ4n) is 2.37. The number of hydrogen-bond donors (Lipinski definition) is 3. The Morgan fingerprint density at radius 3 is 2.89 bits per heavy atom. The first-order valence-corrected chi connectivity index (χ1v) is 6.70. The molecule has 1 aliphatic rings. The second-order valence-corrected chi connectivity index (χ2v) is 5.06.